The second-order valence-electron chi connectivity index (χ2n) is 6.46. The highest BCUT2D eigenvalue weighted by molar-refractivity contribution is 7.89. The van der Waals surface area contributed by atoms with E-state index in [1.54, 1.807) is 36.4 Å². The second kappa shape index (κ2) is 9.01. The molecule has 0 bridgehead atoms. The van der Waals surface area contributed by atoms with Gasteiger partial charge in [-0.15, -0.1) is 0 Å². The molecule has 1 heterocycles. The predicted molar refractivity (Wildman–Crippen MR) is 103 cm³/mol. The SMILES string of the molecule is O=C(COc1ccccc1)NCCc1ccc(S(=O)(=O)N2CCCC2)cc1. The first-order chi connectivity index (χ1) is 13.1. The molecule has 1 aliphatic heterocycles. The van der Waals surface area contributed by atoms with Gasteiger partial charge in [-0.3, -0.25) is 4.79 Å². The maximum absolute atomic E-state index is 12.5. The summed E-state index contributed by atoms with van der Waals surface area (Å²) >= 11 is 0. The van der Waals surface area contributed by atoms with Crippen molar-refractivity contribution in [2.24, 2.45) is 0 Å². The van der Waals surface area contributed by atoms with Crippen LogP contribution in [0.15, 0.2) is 59.5 Å². The van der Waals surface area contributed by atoms with E-state index in [-0.39, 0.29) is 12.5 Å². The number of sulfonamides is 1. The Balaban J connectivity index is 1.44. The average molecular weight is 388 g/mol. The molecule has 2 aromatic rings. The largest absolute Gasteiger partial charge is 0.484 e. The average Bonchev–Trinajstić information content (AvgIpc) is 3.23. The zero-order chi connectivity index (χ0) is 19.1. The Hall–Kier alpha value is -2.38. The van der Waals surface area contributed by atoms with Gasteiger partial charge in [-0.25, -0.2) is 8.42 Å². The molecule has 144 valence electrons. The summed E-state index contributed by atoms with van der Waals surface area (Å²) in [6.07, 6.45) is 2.47. The Kier molecular flexibility index (Phi) is 6.47. The molecule has 1 amide bonds. The van der Waals surface area contributed by atoms with Crippen LogP contribution in [-0.2, 0) is 21.2 Å². The molecule has 0 atom stereocenters. The van der Waals surface area contributed by atoms with Crippen molar-refractivity contribution in [1.82, 2.24) is 9.62 Å². The fourth-order valence-electron chi connectivity index (χ4n) is 2.97. The summed E-state index contributed by atoms with van der Waals surface area (Å²) in [7, 11) is -3.38. The van der Waals surface area contributed by atoms with Gasteiger partial charge >= 0.3 is 0 Å². The molecule has 0 radical (unpaired) electrons. The third-order valence-electron chi connectivity index (χ3n) is 4.48. The minimum absolute atomic E-state index is 0.0307. The molecule has 0 aromatic heterocycles. The maximum atomic E-state index is 12.5. The number of ether oxygens (including phenoxy) is 1. The van der Waals surface area contributed by atoms with Gasteiger partial charge in [0.1, 0.15) is 5.75 Å². The topological polar surface area (TPSA) is 75.7 Å². The summed E-state index contributed by atoms with van der Waals surface area (Å²) in [5.74, 6) is 0.467. The third kappa shape index (κ3) is 5.30. The number of nitrogens with one attached hydrogen (secondary N) is 1. The number of benzene rings is 2. The van der Waals surface area contributed by atoms with E-state index in [1.165, 1.54) is 4.31 Å². The van der Waals surface area contributed by atoms with Crippen LogP contribution >= 0.6 is 0 Å². The van der Waals surface area contributed by atoms with Crippen LogP contribution in [0.25, 0.3) is 0 Å². The van der Waals surface area contributed by atoms with Crippen molar-refractivity contribution in [3.05, 3.63) is 60.2 Å². The molecule has 7 heteroatoms. The van der Waals surface area contributed by atoms with Gasteiger partial charge in [0.15, 0.2) is 6.61 Å². The van der Waals surface area contributed by atoms with Crippen molar-refractivity contribution < 1.29 is 17.9 Å². The van der Waals surface area contributed by atoms with Gasteiger partial charge in [-0.2, -0.15) is 4.31 Å². The summed E-state index contributed by atoms with van der Waals surface area (Å²) in [5.41, 5.74) is 0.972. The molecule has 1 fully saturated rings. The Morgan fingerprint density at radius 1 is 1.00 bits per heavy atom. The van der Waals surface area contributed by atoms with Crippen LogP contribution in [0.4, 0.5) is 0 Å². The fraction of sp³-hybridized carbons (Fsp3) is 0.350. The summed E-state index contributed by atoms with van der Waals surface area (Å²) in [4.78, 5) is 12.1. The first-order valence-corrected chi connectivity index (χ1v) is 10.5. The quantitative estimate of drug-likeness (QED) is 0.752. The van der Waals surface area contributed by atoms with Crippen molar-refractivity contribution in [2.75, 3.05) is 26.2 Å². The molecule has 27 heavy (non-hydrogen) atoms. The van der Waals surface area contributed by atoms with E-state index in [9.17, 15) is 13.2 Å². The molecular weight excluding hydrogens is 364 g/mol. The first-order valence-electron chi connectivity index (χ1n) is 9.09. The van der Waals surface area contributed by atoms with Crippen LogP contribution in [0, 0.1) is 0 Å². The second-order valence-corrected chi connectivity index (χ2v) is 8.39. The Bertz CT molecular complexity index is 845. The number of hydrogen-bond acceptors (Lipinski definition) is 4. The molecule has 1 N–H and O–H groups in total. The normalized spacial score (nSPS) is 14.8. The van der Waals surface area contributed by atoms with E-state index in [4.69, 9.17) is 4.74 Å². The Morgan fingerprint density at radius 3 is 2.33 bits per heavy atom. The van der Waals surface area contributed by atoms with Gasteiger partial charge in [-0.1, -0.05) is 30.3 Å². The van der Waals surface area contributed by atoms with E-state index in [1.807, 2.05) is 18.2 Å². The highest BCUT2D eigenvalue weighted by Gasteiger charge is 2.26. The number of amides is 1. The molecular formula is C20H24N2O4S. The molecule has 1 aliphatic rings. The Labute approximate surface area is 160 Å². The molecule has 3 rings (SSSR count). The number of hydrogen-bond donors (Lipinski definition) is 1. The lowest BCUT2D eigenvalue weighted by molar-refractivity contribution is -0.123. The van der Waals surface area contributed by atoms with Crippen LogP contribution in [0.3, 0.4) is 0 Å². The summed E-state index contributed by atoms with van der Waals surface area (Å²) in [6.45, 7) is 1.63. The highest BCUT2D eigenvalue weighted by Crippen LogP contribution is 2.21. The van der Waals surface area contributed by atoms with Crippen LogP contribution < -0.4 is 10.1 Å². The monoisotopic (exact) mass is 388 g/mol. The van der Waals surface area contributed by atoms with Gasteiger partial charge in [0, 0.05) is 19.6 Å². The predicted octanol–water partition coefficient (Wildman–Crippen LogP) is 2.21. The molecule has 0 unspecified atom stereocenters. The number of nitrogens with zero attached hydrogens (tertiary/aromatic N) is 1. The van der Waals surface area contributed by atoms with Crippen molar-refractivity contribution in [3.63, 3.8) is 0 Å². The van der Waals surface area contributed by atoms with Crippen LogP contribution in [0.2, 0.25) is 0 Å². The summed E-state index contributed by atoms with van der Waals surface area (Å²) in [5, 5.41) is 2.80. The molecule has 0 aliphatic carbocycles. The molecule has 0 spiro atoms. The van der Waals surface area contributed by atoms with E-state index in [0.717, 1.165) is 18.4 Å². The van der Waals surface area contributed by atoms with Gasteiger partial charge < -0.3 is 10.1 Å². The number of carbonyl (C=O) groups is 1. The number of carbonyl (C=O) groups excluding carboxylic acids is 1. The third-order valence-corrected chi connectivity index (χ3v) is 6.39. The number of para-hydroxylation sites is 1. The number of rotatable bonds is 8. The Morgan fingerprint density at radius 2 is 1.67 bits per heavy atom. The van der Waals surface area contributed by atoms with Crippen LogP contribution in [-0.4, -0.2) is 44.9 Å². The minimum Gasteiger partial charge on any atom is -0.484 e. The van der Waals surface area contributed by atoms with Crippen LogP contribution in [0.5, 0.6) is 5.75 Å². The lowest BCUT2D eigenvalue weighted by Crippen LogP contribution is -2.30. The zero-order valence-corrected chi connectivity index (χ0v) is 16.0. The van der Waals surface area contributed by atoms with Gasteiger partial charge in [0.2, 0.25) is 10.0 Å². The highest BCUT2D eigenvalue weighted by atomic mass is 32.2. The lowest BCUT2D eigenvalue weighted by Gasteiger charge is -2.15. The van der Waals surface area contributed by atoms with Crippen molar-refractivity contribution in [3.8, 4) is 5.75 Å². The summed E-state index contributed by atoms with van der Waals surface area (Å²) in [6, 6.07) is 16.1. The van der Waals surface area contributed by atoms with Crippen LogP contribution in [0.1, 0.15) is 18.4 Å². The van der Waals surface area contributed by atoms with Gasteiger partial charge in [0.05, 0.1) is 4.90 Å². The van der Waals surface area contributed by atoms with Crippen molar-refractivity contribution in [2.45, 2.75) is 24.2 Å². The van der Waals surface area contributed by atoms with E-state index in [0.29, 0.717) is 36.7 Å². The molecule has 2 aromatic carbocycles. The molecule has 6 nitrogen and oxygen atoms in total. The fourth-order valence-corrected chi connectivity index (χ4v) is 4.49. The van der Waals surface area contributed by atoms with Gasteiger partial charge in [-0.05, 0) is 49.1 Å². The van der Waals surface area contributed by atoms with E-state index >= 15 is 0 Å². The smallest absolute Gasteiger partial charge is 0.257 e. The minimum atomic E-state index is -3.38. The maximum Gasteiger partial charge on any atom is 0.257 e. The van der Waals surface area contributed by atoms with Crippen molar-refractivity contribution >= 4 is 15.9 Å². The molecule has 0 saturated carbocycles. The first kappa shape index (κ1) is 19.4. The van der Waals surface area contributed by atoms with Gasteiger partial charge in [0.25, 0.3) is 5.91 Å². The van der Waals surface area contributed by atoms with E-state index in [2.05, 4.69) is 5.32 Å². The zero-order valence-electron chi connectivity index (χ0n) is 15.1. The summed E-state index contributed by atoms with van der Waals surface area (Å²) < 4.78 is 31.9. The lowest BCUT2D eigenvalue weighted by atomic mass is 10.1. The van der Waals surface area contributed by atoms with Crippen molar-refractivity contribution in [1.29, 1.82) is 0 Å². The molecule has 1 saturated heterocycles. The van der Waals surface area contributed by atoms with E-state index < -0.39 is 10.0 Å². The standard InChI is InChI=1S/C20H24N2O4S/c23-20(16-26-18-6-2-1-3-7-18)21-13-12-17-8-10-19(11-9-17)27(24,25)22-14-4-5-15-22/h1-3,6-11H,4-5,12-16H2,(H,21,23).